The second kappa shape index (κ2) is 12.9. The van der Waals surface area contributed by atoms with Gasteiger partial charge in [-0.3, -0.25) is 4.79 Å². The number of hydrogen-bond acceptors (Lipinski definition) is 4. The second-order valence-corrected chi connectivity index (χ2v) is 12.6. The number of carbonyl (C=O) groups excluding carboxylic acids is 3. The minimum atomic E-state index is -0.889. The Labute approximate surface area is 252 Å². The van der Waals surface area contributed by atoms with Gasteiger partial charge in [0, 0.05) is 59.8 Å². The zero-order chi connectivity index (χ0) is 28.2. The quantitative estimate of drug-likeness (QED) is 0.413. The molecule has 3 aliphatic rings. The molecule has 0 saturated carbocycles. The highest BCUT2D eigenvalue weighted by atomic mass is 79.9. The van der Waals surface area contributed by atoms with E-state index in [4.69, 9.17) is 4.74 Å². The number of rotatable bonds is 5. The summed E-state index contributed by atoms with van der Waals surface area (Å²) in [5.74, 6) is -0.128. The maximum absolute atomic E-state index is 13.5. The topological polar surface area (TPSA) is 82.2 Å². The van der Waals surface area contributed by atoms with E-state index in [1.165, 1.54) is 0 Å². The summed E-state index contributed by atoms with van der Waals surface area (Å²) in [6.45, 7) is 5.00. The number of likely N-dealkylation sites (tertiary alicyclic amines) is 2. The number of nitrogens with zero attached hydrogens (tertiary/aromatic N) is 3. The number of anilines is 1. The van der Waals surface area contributed by atoms with E-state index in [-0.39, 0.29) is 18.0 Å². The minimum absolute atomic E-state index is 0.0476. The summed E-state index contributed by atoms with van der Waals surface area (Å²) in [6, 6.07) is 11.8. The summed E-state index contributed by atoms with van der Waals surface area (Å²) >= 11 is 7.19. The van der Waals surface area contributed by atoms with Crippen LogP contribution in [0.25, 0.3) is 0 Å². The van der Waals surface area contributed by atoms with Crippen molar-refractivity contribution in [2.45, 2.75) is 64.0 Å². The van der Waals surface area contributed by atoms with Gasteiger partial charge in [-0.25, -0.2) is 9.59 Å². The lowest BCUT2D eigenvalue weighted by Gasteiger charge is -2.38. The maximum atomic E-state index is 13.5. The fourth-order valence-corrected chi connectivity index (χ4v) is 7.10. The first kappa shape index (κ1) is 28.9. The number of fused-ring (bicyclic) bond motifs is 1. The third kappa shape index (κ3) is 6.65. The summed E-state index contributed by atoms with van der Waals surface area (Å²) in [5.41, 5.74) is 3.99. The van der Waals surface area contributed by atoms with Crippen LogP contribution in [0.5, 0.6) is 0 Å². The van der Waals surface area contributed by atoms with Crippen LogP contribution < -0.4 is 5.32 Å². The number of para-hydroxylation sites is 1. The Balaban J connectivity index is 1.22. The highest BCUT2D eigenvalue weighted by molar-refractivity contribution is 9.11. The van der Waals surface area contributed by atoms with Gasteiger partial charge in [-0.2, -0.15) is 0 Å². The molecule has 2 aromatic rings. The van der Waals surface area contributed by atoms with E-state index in [0.29, 0.717) is 52.0 Å². The maximum Gasteiger partial charge on any atom is 0.410 e. The number of piperidine rings is 2. The molecule has 2 aromatic carbocycles. The van der Waals surface area contributed by atoms with E-state index < -0.39 is 12.2 Å². The molecule has 8 nitrogen and oxygen atoms in total. The number of benzene rings is 2. The van der Waals surface area contributed by atoms with Crippen LogP contribution in [0.3, 0.4) is 0 Å². The number of hydrogen-bond donors (Lipinski definition) is 1. The molecule has 1 atom stereocenters. The van der Waals surface area contributed by atoms with Gasteiger partial charge in [0.2, 0.25) is 0 Å². The molecule has 0 bridgehead atoms. The number of halogens is 2. The van der Waals surface area contributed by atoms with Gasteiger partial charge in [0.25, 0.3) is 5.91 Å². The lowest BCUT2D eigenvalue weighted by atomic mass is 10.0. The predicted octanol–water partition coefficient (Wildman–Crippen LogP) is 6.13. The molecule has 4 amide bonds. The van der Waals surface area contributed by atoms with Gasteiger partial charge in [-0.05, 0) is 80.3 Å². The minimum Gasteiger partial charge on any atom is -0.436 e. The molecule has 10 heteroatoms. The fraction of sp³-hybridized carbons (Fsp3) is 0.500. The summed E-state index contributed by atoms with van der Waals surface area (Å²) in [7, 11) is 0. The lowest BCUT2D eigenvalue weighted by Crippen LogP contribution is -2.51. The predicted molar refractivity (Wildman–Crippen MR) is 161 cm³/mol. The van der Waals surface area contributed by atoms with E-state index in [1.807, 2.05) is 53.1 Å². The molecule has 0 aromatic heterocycles. The van der Waals surface area contributed by atoms with Crippen molar-refractivity contribution in [1.29, 1.82) is 0 Å². The van der Waals surface area contributed by atoms with Crippen LogP contribution in [0.15, 0.2) is 45.3 Å². The van der Waals surface area contributed by atoms with Gasteiger partial charge in [0.1, 0.15) is 0 Å². The Morgan fingerprint density at radius 3 is 2.35 bits per heavy atom. The molecular weight excluding hydrogens is 640 g/mol. The highest BCUT2D eigenvalue weighted by Crippen LogP contribution is 2.29. The lowest BCUT2D eigenvalue weighted by molar-refractivity contribution is -0.141. The monoisotopic (exact) mass is 674 g/mol. The highest BCUT2D eigenvalue weighted by Gasteiger charge is 2.35. The van der Waals surface area contributed by atoms with Crippen molar-refractivity contribution in [3.05, 3.63) is 62.0 Å². The largest absolute Gasteiger partial charge is 0.436 e. The smallest absolute Gasteiger partial charge is 0.410 e. The van der Waals surface area contributed by atoms with E-state index in [2.05, 4.69) is 37.2 Å². The van der Waals surface area contributed by atoms with E-state index in [1.54, 1.807) is 4.90 Å². The molecular formula is C30H36Br2N4O4. The molecule has 5 rings (SSSR count). The van der Waals surface area contributed by atoms with Gasteiger partial charge in [0.15, 0.2) is 6.10 Å². The molecule has 2 fully saturated rings. The van der Waals surface area contributed by atoms with Crippen molar-refractivity contribution < 1.29 is 19.1 Å². The standard InChI is InChI=1S/C30H36Br2N4O4/c1-20-24(31)17-21(18-25(20)32)19-27(28(37)34-12-5-2-6-13-34)40-30(39)35-14-10-23(11-15-35)36-16-9-22-7-3-4-8-26(22)33-29(36)38/h3-4,7-8,17-18,23,27H,2,5-6,9-16,19H2,1H3,(H,33,38). The number of nitrogens with one attached hydrogen (secondary N) is 1. The van der Waals surface area contributed by atoms with Crippen LogP contribution in [-0.2, 0) is 22.4 Å². The molecule has 1 unspecified atom stereocenters. The molecule has 1 N–H and O–H groups in total. The van der Waals surface area contributed by atoms with Gasteiger partial charge < -0.3 is 24.8 Å². The van der Waals surface area contributed by atoms with Gasteiger partial charge in [0.05, 0.1) is 0 Å². The Morgan fingerprint density at radius 2 is 1.65 bits per heavy atom. The first-order valence-corrected chi connectivity index (χ1v) is 15.7. The van der Waals surface area contributed by atoms with Crippen LogP contribution in [0, 0.1) is 6.92 Å². The van der Waals surface area contributed by atoms with Crippen LogP contribution in [0.2, 0.25) is 0 Å². The Bertz CT molecular complexity index is 1240. The van der Waals surface area contributed by atoms with E-state index >= 15 is 0 Å². The first-order chi connectivity index (χ1) is 19.3. The fourth-order valence-electron chi connectivity index (χ4n) is 5.82. The van der Waals surface area contributed by atoms with Crippen molar-refractivity contribution in [1.82, 2.24) is 14.7 Å². The van der Waals surface area contributed by atoms with Crippen molar-refractivity contribution in [3.8, 4) is 0 Å². The van der Waals surface area contributed by atoms with Crippen LogP contribution >= 0.6 is 31.9 Å². The van der Waals surface area contributed by atoms with Crippen molar-refractivity contribution in [2.75, 3.05) is 38.0 Å². The van der Waals surface area contributed by atoms with Crippen LogP contribution in [-0.4, -0.2) is 77.6 Å². The Morgan fingerprint density at radius 1 is 0.975 bits per heavy atom. The van der Waals surface area contributed by atoms with E-state index in [0.717, 1.165) is 57.0 Å². The SMILES string of the molecule is Cc1c(Br)cc(CC(OC(=O)N2CCC(N3CCc4ccccc4NC3=O)CC2)C(=O)N2CCCCC2)cc1Br. The average Bonchev–Trinajstić information content (AvgIpc) is 3.13. The number of carbonyl (C=O) groups is 3. The van der Waals surface area contributed by atoms with Gasteiger partial charge in [-0.15, -0.1) is 0 Å². The molecule has 0 radical (unpaired) electrons. The van der Waals surface area contributed by atoms with Gasteiger partial charge in [-0.1, -0.05) is 50.1 Å². The summed E-state index contributed by atoms with van der Waals surface area (Å²) < 4.78 is 7.84. The number of urea groups is 1. The third-order valence-corrected chi connectivity index (χ3v) is 9.90. The Kier molecular flexibility index (Phi) is 9.35. The molecule has 0 aliphatic carbocycles. The van der Waals surface area contributed by atoms with Crippen molar-refractivity contribution in [3.63, 3.8) is 0 Å². The third-order valence-electron chi connectivity index (χ3n) is 8.25. The zero-order valence-corrected chi connectivity index (χ0v) is 26.0. The van der Waals surface area contributed by atoms with Crippen molar-refractivity contribution in [2.24, 2.45) is 0 Å². The van der Waals surface area contributed by atoms with Crippen LogP contribution in [0.1, 0.15) is 48.8 Å². The molecule has 40 heavy (non-hydrogen) atoms. The average molecular weight is 676 g/mol. The second-order valence-electron chi connectivity index (χ2n) is 10.9. The van der Waals surface area contributed by atoms with Gasteiger partial charge >= 0.3 is 12.1 Å². The molecule has 3 heterocycles. The summed E-state index contributed by atoms with van der Waals surface area (Å²) in [6.07, 6.45) is 4.14. The Hall–Kier alpha value is -2.59. The molecule has 214 valence electrons. The first-order valence-electron chi connectivity index (χ1n) is 14.1. The molecule has 3 aliphatic heterocycles. The summed E-state index contributed by atoms with van der Waals surface area (Å²) in [5, 5.41) is 3.04. The zero-order valence-electron chi connectivity index (χ0n) is 22.8. The molecule has 2 saturated heterocycles. The normalized spacial score (nSPS) is 19.0. The summed E-state index contributed by atoms with van der Waals surface area (Å²) in [4.78, 5) is 45.3. The van der Waals surface area contributed by atoms with Crippen molar-refractivity contribution >= 4 is 55.6 Å². The number of ether oxygens (including phenoxy) is 1. The van der Waals surface area contributed by atoms with Crippen LogP contribution in [0.4, 0.5) is 15.3 Å². The number of amides is 4. The molecule has 0 spiro atoms. The van der Waals surface area contributed by atoms with E-state index in [9.17, 15) is 14.4 Å².